The number of hydrogen-bond acceptors (Lipinski definition) is 5. The van der Waals surface area contributed by atoms with Gasteiger partial charge in [-0.25, -0.2) is 0 Å². The summed E-state index contributed by atoms with van der Waals surface area (Å²) < 4.78 is 5.38. The minimum atomic E-state index is -0.425. The van der Waals surface area contributed by atoms with Gasteiger partial charge in [-0.2, -0.15) is 0 Å². The van der Waals surface area contributed by atoms with Gasteiger partial charge in [-0.15, -0.1) is 0 Å². The smallest absolute Gasteiger partial charge is 0.235 e. The summed E-state index contributed by atoms with van der Waals surface area (Å²) in [6.07, 6.45) is 1.43. The van der Waals surface area contributed by atoms with Crippen LogP contribution in [-0.4, -0.2) is 21.1 Å². The topological polar surface area (TPSA) is 87.0 Å². The van der Waals surface area contributed by atoms with E-state index in [1.165, 1.54) is 30.3 Å². The van der Waals surface area contributed by atoms with Gasteiger partial charge in [0.15, 0.2) is 17.3 Å². The zero-order valence-electron chi connectivity index (χ0n) is 10.2. The predicted octanol–water partition coefficient (Wildman–Crippen LogP) is 2.42. The van der Waals surface area contributed by atoms with Crippen LogP contribution in [0.2, 0.25) is 0 Å². The molecule has 3 N–H and O–H groups in total. The van der Waals surface area contributed by atoms with E-state index in [1.54, 1.807) is 12.1 Å². The summed E-state index contributed by atoms with van der Waals surface area (Å²) >= 11 is 0. The second-order valence-corrected chi connectivity index (χ2v) is 4.34. The Morgan fingerprint density at radius 2 is 1.75 bits per heavy atom. The number of ketones is 1. The first-order chi connectivity index (χ1) is 9.56. The molecule has 0 saturated carbocycles. The highest BCUT2D eigenvalue weighted by atomic mass is 16.5. The summed E-state index contributed by atoms with van der Waals surface area (Å²) in [5, 5.41) is 28.3. The third-order valence-corrected chi connectivity index (χ3v) is 2.97. The van der Waals surface area contributed by atoms with Crippen molar-refractivity contribution in [2.45, 2.75) is 0 Å². The van der Waals surface area contributed by atoms with Crippen molar-refractivity contribution in [3.8, 4) is 23.0 Å². The van der Waals surface area contributed by atoms with E-state index in [1.807, 2.05) is 0 Å². The number of ether oxygens (including phenoxy) is 1. The van der Waals surface area contributed by atoms with Crippen LogP contribution in [0.25, 0.3) is 6.08 Å². The number of fused-ring (bicyclic) bond motifs is 1. The maximum Gasteiger partial charge on any atom is 0.235 e. The van der Waals surface area contributed by atoms with Gasteiger partial charge in [-0.3, -0.25) is 4.79 Å². The summed E-state index contributed by atoms with van der Waals surface area (Å²) in [7, 11) is 0. The second kappa shape index (κ2) is 4.31. The third kappa shape index (κ3) is 1.85. The molecule has 1 aliphatic rings. The summed E-state index contributed by atoms with van der Waals surface area (Å²) in [6.45, 7) is 0. The Kier molecular flexibility index (Phi) is 2.61. The predicted molar refractivity (Wildman–Crippen MR) is 70.8 cm³/mol. The Morgan fingerprint density at radius 3 is 2.45 bits per heavy atom. The Labute approximate surface area is 114 Å². The van der Waals surface area contributed by atoms with Gasteiger partial charge in [0, 0.05) is 0 Å². The molecule has 0 unspecified atom stereocenters. The molecule has 20 heavy (non-hydrogen) atoms. The molecule has 0 bridgehead atoms. The molecule has 5 nitrogen and oxygen atoms in total. The maximum atomic E-state index is 12.1. The molecule has 0 amide bonds. The van der Waals surface area contributed by atoms with Crippen molar-refractivity contribution in [2.24, 2.45) is 0 Å². The molecule has 0 atom stereocenters. The van der Waals surface area contributed by atoms with Gasteiger partial charge in [0.25, 0.3) is 0 Å². The molecule has 3 rings (SSSR count). The van der Waals surface area contributed by atoms with E-state index in [4.69, 9.17) is 4.74 Å². The Morgan fingerprint density at radius 1 is 0.950 bits per heavy atom. The monoisotopic (exact) mass is 270 g/mol. The number of Topliss-reactive ketones (excluding diaryl/α,β-unsaturated/α-hetero) is 1. The molecule has 0 aliphatic carbocycles. The third-order valence-electron chi connectivity index (χ3n) is 2.97. The molecule has 0 spiro atoms. The summed E-state index contributed by atoms with van der Waals surface area (Å²) in [5.41, 5.74) is 0.623. The zero-order chi connectivity index (χ0) is 14.3. The lowest BCUT2D eigenvalue weighted by Gasteiger charge is -2.00. The van der Waals surface area contributed by atoms with Crippen LogP contribution in [0.4, 0.5) is 0 Å². The fourth-order valence-electron chi connectivity index (χ4n) is 2.00. The first kappa shape index (κ1) is 12.1. The molecular formula is C15H10O5. The quantitative estimate of drug-likeness (QED) is 0.547. The lowest BCUT2D eigenvalue weighted by atomic mass is 10.1. The highest BCUT2D eigenvalue weighted by molar-refractivity contribution is 6.16. The molecule has 0 aromatic heterocycles. The standard InChI is InChI=1S/C15H10O5/c16-9-5-4-8(6-11(9)18)7-13-15(19)14-10(17)2-1-3-12(14)20-13/h1-7,16-18H/b13-7-. The number of allylic oxidation sites excluding steroid dienone is 1. The van der Waals surface area contributed by atoms with Crippen molar-refractivity contribution in [1.29, 1.82) is 0 Å². The van der Waals surface area contributed by atoms with Gasteiger partial charge < -0.3 is 20.1 Å². The number of phenols is 3. The number of rotatable bonds is 1. The van der Waals surface area contributed by atoms with Gasteiger partial charge in [-0.1, -0.05) is 12.1 Å². The van der Waals surface area contributed by atoms with Gasteiger partial charge in [0.1, 0.15) is 17.1 Å². The van der Waals surface area contributed by atoms with Gasteiger partial charge >= 0.3 is 0 Å². The molecule has 100 valence electrons. The van der Waals surface area contributed by atoms with Crippen LogP contribution in [0.15, 0.2) is 42.2 Å². The van der Waals surface area contributed by atoms with Gasteiger partial charge in [0.2, 0.25) is 5.78 Å². The Hall–Kier alpha value is -2.95. The number of aromatic hydroxyl groups is 3. The first-order valence-corrected chi connectivity index (χ1v) is 5.84. The van der Waals surface area contributed by atoms with Crippen LogP contribution in [0.3, 0.4) is 0 Å². The molecule has 2 aromatic rings. The number of phenolic OH excluding ortho intramolecular Hbond substituents is 3. The van der Waals surface area contributed by atoms with Crippen LogP contribution >= 0.6 is 0 Å². The molecule has 2 aromatic carbocycles. The minimum Gasteiger partial charge on any atom is -0.507 e. The van der Waals surface area contributed by atoms with E-state index in [9.17, 15) is 20.1 Å². The van der Waals surface area contributed by atoms with E-state index >= 15 is 0 Å². The lowest BCUT2D eigenvalue weighted by molar-refractivity contribution is 0.101. The summed E-state index contributed by atoms with van der Waals surface area (Å²) in [4.78, 5) is 12.1. The second-order valence-electron chi connectivity index (χ2n) is 4.34. The van der Waals surface area contributed by atoms with Gasteiger partial charge in [0.05, 0.1) is 0 Å². The van der Waals surface area contributed by atoms with E-state index in [0.29, 0.717) is 11.3 Å². The lowest BCUT2D eigenvalue weighted by Crippen LogP contribution is -1.98. The molecule has 0 saturated heterocycles. The van der Waals surface area contributed by atoms with Gasteiger partial charge in [-0.05, 0) is 35.9 Å². The van der Waals surface area contributed by atoms with Crippen molar-refractivity contribution in [3.05, 3.63) is 53.3 Å². The normalized spacial score (nSPS) is 15.2. The molecule has 1 aliphatic heterocycles. The Balaban J connectivity index is 2.01. The fourth-order valence-corrected chi connectivity index (χ4v) is 2.00. The minimum absolute atomic E-state index is 0.0478. The zero-order valence-corrected chi connectivity index (χ0v) is 10.2. The van der Waals surface area contributed by atoms with Crippen LogP contribution in [0.1, 0.15) is 15.9 Å². The van der Waals surface area contributed by atoms with E-state index in [2.05, 4.69) is 0 Å². The average Bonchev–Trinajstić information content (AvgIpc) is 2.72. The number of carbonyl (C=O) groups excluding carboxylic acids is 1. The average molecular weight is 270 g/mol. The molecule has 5 heteroatoms. The number of benzene rings is 2. The molecule has 0 radical (unpaired) electrons. The van der Waals surface area contributed by atoms with Crippen molar-refractivity contribution < 1.29 is 24.9 Å². The Bertz CT molecular complexity index is 746. The molecule has 0 fully saturated rings. The highest BCUT2D eigenvalue weighted by Crippen LogP contribution is 2.37. The van der Waals surface area contributed by atoms with Crippen molar-refractivity contribution in [1.82, 2.24) is 0 Å². The molecular weight excluding hydrogens is 260 g/mol. The van der Waals surface area contributed by atoms with Crippen molar-refractivity contribution in [3.63, 3.8) is 0 Å². The SMILES string of the molecule is O=C1/C(=C/c2ccc(O)c(O)c2)Oc2cccc(O)c21. The van der Waals surface area contributed by atoms with Crippen LogP contribution in [0, 0.1) is 0 Å². The van der Waals surface area contributed by atoms with E-state index < -0.39 is 5.78 Å². The number of hydrogen-bond donors (Lipinski definition) is 3. The largest absolute Gasteiger partial charge is 0.507 e. The van der Waals surface area contributed by atoms with E-state index in [-0.39, 0.29) is 28.6 Å². The number of carbonyl (C=O) groups is 1. The summed E-state index contributed by atoms with van der Waals surface area (Å²) in [5.74, 6) is -0.747. The molecule has 1 heterocycles. The summed E-state index contributed by atoms with van der Waals surface area (Å²) in [6, 6.07) is 8.73. The fraction of sp³-hybridized carbons (Fsp3) is 0. The van der Waals surface area contributed by atoms with Crippen molar-refractivity contribution in [2.75, 3.05) is 0 Å². The van der Waals surface area contributed by atoms with Crippen LogP contribution < -0.4 is 4.74 Å². The highest BCUT2D eigenvalue weighted by Gasteiger charge is 2.30. The maximum absolute atomic E-state index is 12.1. The van der Waals surface area contributed by atoms with E-state index in [0.717, 1.165) is 0 Å². The van der Waals surface area contributed by atoms with Crippen LogP contribution in [-0.2, 0) is 0 Å². The first-order valence-electron chi connectivity index (χ1n) is 5.84. The van der Waals surface area contributed by atoms with Crippen LogP contribution in [0.5, 0.6) is 23.0 Å². The van der Waals surface area contributed by atoms with Crippen molar-refractivity contribution >= 4 is 11.9 Å².